The molecule has 2 heterocycles. The summed E-state index contributed by atoms with van der Waals surface area (Å²) in [5, 5.41) is 5.32. The van der Waals surface area contributed by atoms with Gasteiger partial charge in [-0.25, -0.2) is 0 Å². The van der Waals surface area contributed by atoms with Gasteiger partial charge in [-0.15, -0.1) is 0 Å². The quantitative estimate of drug-likeness (QED) is 0.295. The van der Waals surface area contributed by atoms with Crippen LogP contribution in [0.15, 0.2) is 78.9 Å². The molecule has 0 N–H and O–H groups in total. The molecule has 0 aliphatic rings. The molecule has 0 saturated heterocycles. The molecule has 0 spiro atoms. The Morgan fingerprint density at radius 1 is 0.517 bits per heavy atom. The molecule has 0 radical (unpaired) electrons. The van der Waals surface area contributed by atoms with Crippen LogP contribution in [0.2, 0.25) is 0 Å². The van der Waals surface area contributed by atoms with Gasteiger partial charge < -0.3 is 9.13 Å². The zero-order valence-electron chi connectivity index (χ0n) is 16.9. The summed E-state index contributed by atoms with van der Waals surface area (Å²) in [5.74, 6) is 0. The Bertz CT molecular complexity index is 1580. The van der Waals surface area contributed by atoms with Crippen LogP contribution in [0.4, 0.5) is 0 Å². The highest BCUT2D eigenvalue weighted by molar-refractivity contribution is 6.11. The fourth-order valence-corrected chi connectivity index (χ4v) is 4.95. The second-order valence-electron chi connectivity index (χ2n) is 8.07. The molecule has 0 amide bonds. The Balaban J connectivity index is 1.61. The van der Waals surface area contributed by atoms with Crippen LogP contribution in [-0.4, -0.2) is 9.13 Å². The number of nitrogens with zero attached hydrogens (tertiary/aromatic N) is 2. The highest BCUT2D eigenvalue weighted by atomic mass is 14.9. The first-order valence-corrected chi connectivity index (χ1v) is 10.1. The number of fused-ring (bicyclic) bond motifs is 6. The van der Waals surface area contributed by atoms with Crippen molar-refractivity contribution in [1.82, 2.24) is 9.13 Å². The molecule has 4 aromatic carbocycles. The number of aromatic nitrogens is 2. The average Bonchev–Trinajstić information content (AvgIpc) is 3.21. The summed E-state index contributed by atoms with van der Waals surface area (Å²) < 4.78 is 4.61. The monoisotopic (exact) mass is 374 g/mol. The summed E-state index contributed by atoms with van der Waals surface area (Å²) in [6, 6.07) is 28.9. The Kier molecular flexibility index (Phi) is 3.25. The molecule has 0 atom stereocenters. The van der Waals surface area contributed by atoms with Gasteiger partial charge in [0.25, 0.3) is 0 Å². The van der Waals surface area contributed by atoms with E-state index in [4.69, 9.17) is 0 Å². The maximum atomic E-state index is 2.33. The van der Waals surface area contributed by atoms with Crippen LogP contribution in [-0.2, 0) is 14.1 Å². The third kappa shape index (κ3) is 2.17. The van der Waals surface area contributed by atoms with Crippen molar-refractivity contribution < 1.29 is 0 Å². The number of rotatable bonds is 1. The van der Waals surface area contributed by atoms with Crippen LogP contribution in [0.5, 0.6) is 0 Å². The first kappa shape index (κ1) is 16.4. The number of aryl methyl sites for hydroxylation is 3. The zero-order valence-corrected chi connectivity index (χ0v) is 16.9. The van der Waals surface area contributed by atoms with Crippen LogP contribution >= 0.6 is 0 Å². The predicted octanol–water partition coefficient (Wildman–Crippen LogP) is 6.95. The Labute approximate surface area is 169 Å². The van der Waals surface area contributed by atoms with E-state index in [1.165, 1.54) is 60.3 Å². The van der Waals surface area contributed by atoms with Crippen LogP contribution in [0.3, 0.4) is 0 Å². The minimum atomic E-state index is 1.26. The first-order valence-electron chi connectivity index (χ1n) is 10.1. The van der Waals surface area contributed by atoms with Crippen LogP contribution < -0.4 is 0 Å². The molecule has 0 bridgehead atoms. The molecule has 2 heteroatoms. The molecule has 6 aromatic rings. The van der Waals surface area contributed by atoms with Gasteiger partial charge in [-0.1, -0.05) is 54.6 Å². The summed E-state index contributed by atoms with van der Waals surface area (Å²) in [6.45, 7) is 2.20. The standard InChI is InChI=1S/C27H22N2/c1-17-7-6-10-24-27(17)22-14-12-19(16-26(22)29(24)3)18-11-13-21-20-8-4-5-9-23(20)28(2)25(21)15-18/h4-16H,1-3H3. The maximum absolute atomic E-state index is 2.33. The zero-order chi connectivity index (χ0) is 19.7. The molecular weight excluding hydrogens is 352 g/mol. The fourth-order valence-electron chi connectivity index (χ4n) is 4.95. The number of benzene rings is 4. The summed E-state index contributed by atoms with van der Waals surface area (Å²) >= 11 is 0. The van der Waals surface area contributed by atoms with E-state index in [9.17, 15) is 0 Å². The molecule has 2 nitrogen and oxygen atoms in total. The lowest BCUT2D eigenvalue weighted by Crippen LogP contribution is -1.88. The molecule has 0 fully saturated rings. The van der Waals surface area contributed by atoms with Crippen molar-refractivity contribution in [3.63, 3.8) is 0 Å². The number of para-hydroxylation sites is 1. The van der Waals surface area contributed by atoms with Gasteiger partial charge in [0.05, 0.1) is 0 Å². The maximum Gasteiger partial charge on any atom is 0.0495 e. The molecule has 0 unspecified atom stereocenters. The fraction of sp³-hybridized carbons (Fsp3) is 0.111. The summed E-state index contributed by atoms with van der Waals surface area (Å²) in [7, 11) is 4.32. The summed E-state index contributed by atoms with van der Waals surface area (Å²) in [4.78, 5) is 0. The highest BCUT2D eigenvalue weighted by Crippen LogP contribution is 2.35. The summed E-state index contributed by atoms with van der Waals surface area (Å²) in [5.41, 5.74) is 8.97. The van der Waals surface area contributed by atoms with E-state index >= 15 is 0 Å². The van der Waals surface area contributed by atoms with E-state index in [0.717, 1.165) is 0 Å². The van der Waals surface area contributed by atoms with Crippen LogP contribution in [0.25, 0.3) is 54.7 Å². The van der Waals surface area contributed by atoms with Gasteiger partial charge in [0.15, 0.2) is 0 Å². The van der Waals surface area contributed by atoms with Gasteiger partial charge in [-0.2, -0.15) is 0 Å². The van der Waals surface area contributed by atoms with Gasteiger partial charge in [-0.05, 0) is 47.9 Å². The van der Waals surface area contributed by atoms with E-state index in [-0.39, 0.29) is 0 Å². The smallest absolute Gasteiger partial charge is 0.0495 e. The minimum Gasteiger partial charge on any atom is -0.344 e. The van der Waals surface area contributed by atoms with E-state index in [2.05, 4.69) is 109 Å². The van der Waals surface area contributed by atoms with Crippen LogP contribution in [0.1, 0.15) is 5.56 Å². The Morgan fingerprint density at radius 3 is 1.90 bits per heavy atom. The van der Waals surface area contributed by atoms with Gasteiger partial charge in [0.1, 0.15) is 0 Å². The lowest BCUT2D eigenvalue weighted by atomic mass is 10.0. The lowest BCUT2D eigenvalue weighted by Gasteiger charge is -2.06. The van der Waals surface area contributed by atoms with Crippen molar-refractivity contribution in [2.45, 2.75) is 6.92 Å². The molecule has 0 aliphatic heterocycles. The molecule has 2 aromatic heterocycles. The van der Waals surface area contributed by atoms with Crippen LogP contribution in [0, 0.1) is 6.92 Å². The van der Waals surface area contributed by atoms with Gasteiger partial charge in [0, 0.05) is 57.7 Å². The molecule has 0 aliphatic carbocycles. The van der Waals surface area contributed by atoms with Crippen molar-refractivity contribution in [3.05, 3.63) is 84.4 Å². The number of hydrogen-bond donors (Lipinski definition) is 0. The lowest BCUT2D eigenvalue weighted by molar-refractivity contribution is 1.01. The molecule has 140 valence electrons. The molecular formula is C27H22N2. The first-order chi connectivity index (χ1) is 14.1. The normalized spacial score (nSPS) is 12.0. The van der Waals surface area contributed by atoms with Crippen molar-refractivity contribution in [2.24, 2.45) is 14.1 Å². The van der Waals surface area contributed by atoms with E-state index in [1.54, 1.807) is 0 Å². The molecule has 29 heavy (non-hydrogen) atoms. The topological polar surface area (TPSA) is 9.86 Å². The molecule has 6 rings (SSSR count). The SMILES string of the molecule is Cc1cccc2c1c1ccc(-c3ccc4c5ccccc5n(C)c4c3)cc1n2C. The van der Waals surface area contributed by atoms with E-state index in [0.29, 0.717) is 0 Å². The third-order valence-corrected chi connectivity index (χ3v) is 6.49. The van der Waals surface area contributed by atoms with Gasteiger partial charge in [-0.3, -0.25) is 0 Å². The second-order valence-corrected chi connectivity index (χ2v) is 8.07. The summed E-state index contributed by atoms with van der Waals surface area (Å²) in [6.07, 6.45) is 0. The largest absolute Gasteiger partial charge is 0.344 e. The van der Waals surface area contributed by atoms with Gasteiger partial charge >= 0.3 is 0 Å². The number of hydrogen-bond acceptors (Lipinski definition) is 0. The van der Waals surface area contributed by atoms with Gasteiger partial charge in [0.2, 0.25) is 0 Å². The predicted molar refractivity (Wildman–Crippen MR) is 125 cm³/mol. The van der Waals surface area contributed by atoms with Crippen molar-refractivity contribution >= 4 is 43.6 Å². The second kappa shape index (κ2) is 5.74. The third-order valence-electron chi connectivity index (χ3n) is 6.49. The van der Waals surface area contributed by atoms with Crippen molar-refractivity contribution in [2.75, 3.05) is 0 Å². The Morgan fingerprint density at radius 2 is 1.10 bits per heavy atom. The van der Waals surface area contributed by atoms with Crippen molar-refractivity contribution in [3.8, 4) is 11.1 Å². The van der Waals surface area contributed by atoms with E-state index < -0.39 is 0 Å². The average molecular weight is 374 g/mol. The minimum absolute atomic E-state index is 1.26. The molecule has 0 saturated carbocycles. The van der Waals surface area contributed by atoms with E-state index in [1.807, 2.05) is 0 Å². The Hall–Kier alpha value is -3.52. The van der Waals surface area contributed by atoms with Crippen molar-refractivity contribution in [1.29, 1.82) is 0 Å². The highest BCUT2D eigenvalue weighted by Gasteiger charge is 2.13.